The molecule has 1 aromatic rings. The second kappa shape index (κ2) is 15.8. The van der Waals surface area contributed by atoms with Crippen molar-refractivity contribution in [3.8, 4) is 5.75 Å². The van der Waals surface area contributed by atoms with Crippen molar-refractivity contribution >= 4 is 15.2 Å². The van der Waals surface area contributed by atoms with Crippen molar-refractivity contribution < 1.29 is 23.3 Å². The molecule has 2 aliphatic rings. The lowest BCUT2D eigenvalue weighted by Crippen LogP contribution is -2.49. The Kier molecular flexibility index (Phi) is 13.1. The van der Waals surface area contributed by atoms with Crippen molar-refractivity contribution in [3.05, 3.63) is 42.2 Å². The third-order valence-corrected chi connectivity index (χ3v) is 14.1. The predicted molar refractivity (Wildman–Crippen MR) is 170 cm³/mol. The number of ether oxygens (including phenoxy) is 3. The fourth-order valence-corrected chi connectivity index (χ4v) is 7.45. The Labute approximate surface area is 247 Å². The fourth-order valence-electron chi connectivity index (χ4n) is 6.12. The van der Waals surface area contributed by atoms with Crippen molar-refractivity contribution in [2.75, 3.05) is 20.8 Å². The maximum atomic E-state index is 6.94. The molecule has 3 rings (SSSR count). The van der Waals surface area contributed by atoms with E-state index >= 15 is 0 Å². The molecule has 2 aliphatic carbocycles. The summed E-state index contributed by atoms with van der Waals surface area (Å²) in [6.45, 7) is 17.1. The van der Waals surface area contributed by atoms with E-state index in [1.54, 1.807) is 14.2 Å². The van der Waals surface area contributed by atoms with Gasteiger partial charge in [-0.15, -0.1) is 0 Å². The van der Waals surface area contributed by atoms with E-state index < -0.39 is 8.32 Å². The molecule has 2 atom stereocenters. The molecule has 0 unspecified atom stereocenters. The van der Waals surface area contributed by atoms with E-state index in [0.717, 1.165) is 17.1 Å². The summed E-state index contributed by atoms with van der Waals surface area (Å²) in [5.41, 5.74) is 1.11. The molecule has 226 valence electrons. The zero-order chi connectivity index (χ0) is 29.2. The topological polar surface area (TPSA) is 46.2 Å². The molecule has 7 heteroatoms. The quantitative estimate of drug-likeness (QED) is 0.155. The van der Waals surface area contributed by atoms with Crippen LogP contribution in [-0.4, -0.2) is 48.3 Å². The van der Waals surface area contributed by atoms with E-state index in [-0.39, 0.29) is 24.2 Å². The first-order valence-electron chi connectivity index (χ1n) is 15.8. The summed E-state index contributed by atoms with van der Waals surface area (Å²) < 4.78 is 31.4. The lowest BCUT2D eigenvalue weighted by atomic mass is 9.41. The van der Waals surface area contributed by atoms with Crippen molar-refractivity contribution in [2.45, 2.75) is 140 Å². The van der Waals surface area contributed by atoms with E-state index in [0.29, 0.717) is 31.3 Å². The van der Waals surface area contributed by atoms with Gasteiger partial charge in [-0.25, -0.2) is 0 Å². The second-order valence-electron chi connectivity index (χ2n) is 13.7. The summed E-state index contributed by atoms with van der Waals surface area (Å²) in [5.74, 6) is 3.00. The summed E-state index contributed by atoms with van der Waals surface area (Å²) in [7, 11) is 1.39. The van der Waals surface area contributed by atoms with Gasteiger partial charge in [0, 0.05) is 13.5 Å². The highest BCUT2D eigenvalue weighted by Crippen LogP contribution is 2.43. The van der Waals surface area contributed by atoms with Crippen LogP contribution in [0.1, 0.15) is 97.0 Å². The SMILES string of the molecule is C=C(C[C@H](OC)[C@H](COCc1ccc(OC)cc1)O[Si](C)(C)C(C)(C)C)OB(C1CCCCC1)C1CCCCC1. The molecule has 0 radical (unpaired) electrons. The summed E-state index contributed by atoms with van der Waals surface area (Å²) in [4.78, 5) is 0. The van der Waals surface area contributed by atoms with Gasteiger partial charge in [0.05, 0.1) is 38.3 Å². The number of benzene rings is 1. The summed E-state index contributed by atoms with van der Waals surface area (Å²) in [6.07, 6.45) is 13.5. The van der Waals surface area contributed by atoms with Crippen molar-refractivity contribution in [2.24, 2.45) is 0 Å². The molecule has 0 amide bonds. The van der Waals surface area contributed by atoms with Crippen LogP contribution in [0.15, 0.2) is 36.6 Å². The first-order chi connectivity index (χ1) is 19.0. The third kappa shape index (κ3) is 9.92. The molecular formula is C33H57BO5Si. The van der Waals surface area contributed by atoms with Gasteiger partial charge in [-0.2, -0.15) is 0 Å². The Morgan fingerprint density at radius 1 is 0.900 bits per heavy atom. The maximum Gasteiger partial charge on any atom is 0.363 e. The molecule has 0 saturated heterocycles. The molecule has 0 aromatic heterocycles. The second-order valence-corrected chi connectivity index (χ2v) is 18.4. The van der Waals surface area contributed by atoms with Crippen molar-refractivity contribution in [1.29, 1.82) is 0 Å². The highest BCUT2D eigenvalue weighted by atomic mass is 28.4. The Balaban J connectivity index is 1.69. The number of rotatable bonds is 15. The van der Waals surface area contributed by atoms with Gasteiger partial charge in [-0.05, 0) is 47.5 Å². The molecule has 40 heavy (non-hydrogen) atoms. The Morgan fingerprint density at radius 3 is 1.93 bits per heavy atom. The number of methoxy groups -OCH3 is 2. The standard InChI is InChI=1S/C33H57BO5Si/c1-26(38-34(28-15-11-9-12-16-28)29-17-13-10-14-18-29)23-31(36-6)32(39-40(7,8)33(2,3)4)25-37-24-27-19-21-30(35-5)22-20-27/h19-22,28-29,31-32H,1,9-18,23-25H2,2-8H3/t31-,32-/m0/s1. The first kappa shape index (κ1) is 33.2. The van der Waals surface area contributed by atoms with Crippen LogP contribution in [-0.2, 0) is 25.2 Å². The minimum atomic E-state index is -2.07. The molecule has 1 aromatic carbocycles. The molecule has 2 saturated carbocycles. The van der Waals surface area contributed by atoms with Crippen LogP contribution < -0.4 is 4.74 Å². The molecule has 0 N–H and O–H groups in total. The summed E-state index contributed by atoms with van der Waals surface area (Å²) in [6, 6.07) is 8.03. The zero-order valence-corrected chi connectivity index (χ0v) is 27.6. The smallest absolute Gasteiger partial charge is 0.363 e. The minimum Gasteiger partial charge on any atom is -0.563 e. The average Bonchev–Trinajstić information content (AvgIpc) is 2.94. The van der Waals surface area contributed by atoms with Gasteiger partial charge in [-0.3, -0.25) is 0 Å². The van der Waals surface area contributed by atoms with E-state index in [4.69, 9.17) is 23.3 Å². The van der Waals surface area contributed by atoms with Gasteiger partial charge in [0.15, 0.2) is 8.32 Å². The maximum absolute atomic E-state index is 6.94. The van der Waals surface area contributed by atoms with Gasteiger partial charge in [0.25, 0.3) is 0 Å². The van der Waals surface area contributed by atoms with Crippen LogP contribution in [0.3, 0.4) is 0 Å². The van der Waals surface area contributed by atoms with E-state index in [1.165, 1.54) is 64.2 Å². The summed E-state index contributed by atoms with van der Waals surface area (Å²) >= 11 is 0. The Hall–Kier alpha value is -1.28. The Bertz CT molecular complexity index is 854. The molecule has 0 bridgehead atoms. The van der Waals surface area contributed by atoms with E-state index in [2.05, 4.69) is 40.4 Å². The summed E-state index contributed by atoms with van der Waals surface area (Å²) in [5, 5.41) is 0.0834. The molecule has 0 heterocycles. The molecular weight excluding hydrogens is 515 g/mol. The van der Waals surface area contributed by atoms with Crippen LogP contribution in [0.5, 0.6) is 5.75 Å². The van der Waals surface area contributed by atoms with Gasteiger partial charge >= 0.3 is 6.92 Å². The third-order valence-electron chi connectivity index (χ3n) is 9.64. The van der Waals surface area contributed by atoms with E-state index in [9.17, 15) is 0 Å². The first-order valence-corrected chi connectivity index (χ1v) is 18.7. The van der Waals surface area contributed by atoms with Crippen LogP contribution in [0, 0.1) is 0 Å². The minimum absolute atomic E-state index is 0.0834. The highest BCUT2D eigenvalue weighted by molar-refractivity contribution is 6.74. The molecule has 0 aliphatic heterocycles. The van der Waals surface area contributed by atoms with Crippen LogP contribution >= 0.6 is 0 Å². The lowest BCUT2D eigenvalue weighted by Gasteiger charge is -2.41. The highest BCUT2D eigenvalue weighted by Gasteiger charge is 2.42. The monoisotopic (exact) mass is 572 g/mol. The van der Waals surface area contributed by atoms with Crippen molar-refractivity contribution in [3.63, 3.8) is 0 Å². The van der Waals surface area contributed by atoms with Crippen LogP contribution in [0.2, 0.25) is 29.8 Å². The van der Waals surface area contributed by atoms with Gasteiger partial charge in [-0.1, -0.05) is 104 Å². The normalized spacial score (nSPS) is 19.2. The lowest BCUT2D eigenvalue weighted by molar-refractivity contribution is -0.0544. The molecule has 5 nitrogen and oxygen atoms in total. The van der Waals surface area contributed by atoms with Gasteiger partial charge in [0.2, 0.25) is 0 Å². The largest absolute Gasteiger partial charge is 0.563 e. The molecule has 2 fully saturated rings. The predicted octanol–water partition coefficient (Wildman–Crippen LogP) is 9.20. The van der Waals surface area contributed by atoms with Crippen LogP contribution in [0.4, 0.5) is 0 Å². The Morgan fingerprint density at radius 2 is 1.45 bits per heavy atom. The molecule has 0 spiro atoms. The van der Waals surface area contributed by atoms with E-state index in [1.807, 2.05) is 24.3 Å². The van der Waals surface area contributed by atoms with Gasteiger partial charge in [0.1, 0.15) is 5.75 Å². The van der Waals surface area contributed by atoms with Gasteiger partial charge < -0.3 is 23.3 Å². The number of hydrogen-bond donors (Lipinski definition) is 0. The average molecular weight is 573 g/mol. The van der Waals surface area contributed by atoms with Crippen LogP contribution in [0.25, 0.3) is 0 Å². The van der Waals surface area contributed by atoms with Crippen molar-refractivity contribution in [1.82, 2.24) is 0 Å². The zero-order valence-electron chi connectivity index (χ0n) is 26.6. The number of hydrogen-bond acceptors (Lipinski definition) is 5. The fraction of sp³-hybridized carbons (Fsp3) is 0.758.